The Morgan fingerprint density at radius 3 is 2.79 bits per heavy atom. The molecule has 130 valence electrons. The van der Waals surface area contributed by atoms with Crippen LogP contribution in [-0.2, 0) is 17.6 Å². The second kappa shape index (κ2) is 6.47. The van der Waals surface area contributed by atoms with Crippen LogP contribution in [0.5, 0.6) is 0 Å². The van der Waals surface area contributed by atoms with Crippen LogP contribution in [0.4, 0.5) is 0 Å². The summed E-state index contributed by atoms with van der Waals surface area (Å²) in [6, 6.07) is 6.11. The number of benzene rings is 1. The van der Waals surface area contributed by atoms with Crippen molar-refractivity contribution in [2.75, 3.05) is 45.9 Å². The van der Waals surface area contributed by atoms with Gasteiger partial charge in [0.1, 0.15) is 0 Å². The highest BCUT2D eigenvalue weighted by Gasteiger charge is 2.40. The predicted molar refractivity (Wildman–Crippen MR) is 91.2 cm³/mol. The number of fused-ring (bicyclic) bond motifs is 1. The van der Waals surface area contributed by atoms with Crippen molar-refractivity contribution in [3.8, 4) is 0 Å². The third-order valence-corrected chi connectivity index (χ3v) is 5.59. The molecule has 5 nitrogen and oxygen atoms in total. The molecule has 0 bridgehead atoms. The molecule has 3 aliphatic rings. The quantitative estimate of drug-likeness (QED) is 0.901. The number of nitrogens with zero attached hydrogens (tertiary/aromatic N) is 2. The van der Waals surface area contributed by atoms with Crippen LogP contribution < -0.4 is 0 Å². The summed E-state index contributed by atoms with van der Waals surface area (Å²) in [5.74, 6) is 0.0580. The molecule has 1 aliphatic carbocycles. The topological polar surface area (TPSA) is 53.0 Å². The number of carbonyl (C=O) groups is 1. The lowest BCUT2D eigenvalue weighted by Crippen LogP contribution is -2.49. The molecule has 2 heterocycles. The Balaban J connectivity index is 1.41. The summed E-state index contributed by atoms with van der Waals surface area (Å²) in [5.41, 5.74) is 2.69. The van der Waals surface area contributed by atoms with E-state index in [2.05, 4.69) is 17.0 Å². The minimum Gasteiger partial charge on any atom is -0.387 e. The van der Waals surface area contributed by atoms with E-state index < -0.39 is 5.60 Å². The molecule has 2 fully saturated rings. The second-order valence-corrected chi connectivity index (χ2v) is 7.43. The predicted octanol–water partition coefficient (Wildman–Crippen LogP) is 1.08. The van der Waals surface area contributed by atoms with Gasteiger partial charge in [-0.15, -0.1) is 0 Å². The fourth-order valence-electron chi connectivity index (χ4n) is 4.22. The molecule has 1 aromatic carbocycles. The van der Waals surface area contributed by atoms with Gasteiger partial charge in [-0.25, -0.2) is 0 Å². The first-order chi connectivity index (χ1) is 11.6. The Labute approximate surface area is 143 Å². The van der Waals surface area contributed by atoms with Gasteiger partial charge in [0.2, 0.25) is 0 Å². The molecule has 0 aromatic heterocycles. The molecule has 0 radical (unpaired) electrons. The number of carbonyl (C=O) groups excluding carboxylic acids is 1. The number of aliphatic hydroxyl groups is 1. The molecule has 1 aromatic rings. The number of β-amino-alcohol motifs (C(OH)–C–C–N with tert-alkyl or cyclic N) is 1. The Bertz CT molecular complexity index is 627. The standard InChI is InChI=1S/C19H26N2O3/c22-18(17-5-4-15-2-1-3-16(15)12-17)21-7-6-19(23,14-21)13-20-8-10-24-11-9-20/h4-5,12,23H,1-3,6-11,13-14H2/t19-/m1/s1. The Morgan fingerprint density at radius 1 is 1.17 bits per heavy atom. The van der Waals surface area contributed by atoms with Gasteiger partial charge in [-0.05, 0) is 48.9 Å². The van der Waals surface area contributed by atoms with Crippen LogP contribution in [0, 0.1) is 0 Å². The van der Waals surface area contributed by atoms with Gasteiger partial charge in [-0.3, -0.25) is 9.69 Å². The van der Waals surface area contributed by atoms with Crippen LogP contribution in [0.25, 0.3) is 0 Å². The van der Waals surface area contributed by atoms with Crippen LogP contribution in [-0.4, -0.2) is 72.4 Å². The summed E-state index contributed by atoms with van der Waals surface area (Å²) in [4.78, 5) is 16.9. The second-order valence-electron chi connectivity index (χ2n) is 7.43. The summed E-state index contributed by atoms with van der Waals surface area (Å²) in [6.45, 7) is 4.88. The zero-order valence-corrected chi connectivity index (χ0v) is 14.2. The van der Waals surface area contributed by atoms with Crippen LogP contribution >= 0.6 is 0 Å². The normalized spacial score (nSPS) is 27.5. The van der Waals surface area contributed by atoms with E-state index in [1.54, 1.807) is 0 Å². The molecule has 0 spiro atoms. The highest BCUT2D eigenvalue weighted by Crippen LogP contribution is 2.27. The molecule has 1 amide bonds. The zero-order chi connectivity index (χ0) is 16.6. The number of amides is 1. The maximum atomic E-state index is 12.8. The highest BCUT2D eigenvalue weighted by atomic mass is 16.5. The van der Waals surface area contributed by atoms with Crippen molar-refractivity contribution in [3.63, 3.8) is 0 Å². The minimum absolute atomic E-state index is 0.0580. The van der Waals surface area contributed by atoms with Gasteiger partial charge in [-0.2, -0.15) is 0 Å². The average molecular weight is 330 g/mol. The fourth-order valence-corrected chi connectivity index (χ4v) is 4.22. The van der Waals surface area contributed by atoms with Crippen molar-refractivity contribution in [2.45, 2.75) is 31.3 Å². The van der Waals surface area contributed by atoms with Crippen molar-refractivity contribution in [1.82, 2.24) is 9.80 Å². The lowest BCUT2D eigenvalue weighted by molar-refractivity contribution is -0.0257. The van der Waals surface area contributed by atoms with Gasteiger partial charge < -0.3 is 14.7 Å². The van der Waals surface area contributed by atoms with Crippen molar-refractivity contribution >= 4 is 5.91 Å². The summed E-state index contributed by atoms with van der Waals surface area (Å²) in [6.07, 6.45) is 4.06. The molecule has 1 atom stereocenters. The van der Waals surface area contributed by atoms with Gasteiger partial charge >= 0.3 is 0 Å². The van der Waals surface area contributed by atoms with Crippen LogP contribution in [0.3, 0.4) is 0 Å². The van der Waals surface area contributed by atoms with E-state index in [1.165, 1.54) is 17.5 Å². The fraction of sp³-hybridized carbons (Fsp3) is 0.632. The molecule has 5 heteroatoms. The van der Waals surface area contributed by atoms with Gasteiger partial charge in [0.25, 0.3) is 5.91 Å². The zero-order valence-electron chi connectivity index (χ0n) is 14.2. The number of morpholine rings is 1. The van der Waals surface area contributed by atoms with E-state index in [0.29, 0.717) is 26.1 Å². The summed E-state index contributed by atoms with van der Waals surface area (Å²) >= 11 is 0. The number of ether oxygens (including phenoxy) is 1. The average Bonchev–Trinajstić information content (AvgIpc) is 3.21. The SMILES string of the molecule is O=C(c1ccc2c(c1)CCC2)N1CC[C@@](O)(CN2CCOCC2)C1. The van der Waals surface area contributed by atoms with Crippen molar-refractivity contribution in [3.05, 3.63) is 34.9 Å². The van der Waals surface area contributed by atoms with E-state index in [4.69, 9.17) is 4.74 Å². The molecule has 0 unspecified atom stereocenters. The molecular weight excluding hydrogens is 304 g/mol. The Kier molecular flexibility index (Phi) is 4.33. The van der Waals surface area contributed by atoms with Crippen LogP contribution in [0.1, 0.15) is 34.3 Å². The monoisotopic (exact) mass is 330 g/mol. The van der Waals surface area contributed by atoms with Gasteiger partial charge in [0.05, 0.1) is 25.4 Å². The molecule has 4 rings (SSSR count). The van der Waals surface area contributed by atoms with Gasteiger partial charge in [-0.1, -0.05) is 6.07 Å². The summed E-state index contributed by atoms with van der Waals surface area (Å²) in [5, 5.41) is 10.9. The number of hydrogen-bond acceptors (Lipinski definition) is 4. The van der Waals surface area contributed by atoms with E-state index in [1.807, 2.05) is 11.0 Å². The summed E-state index contributed by atoms with van der Waals surface area (Å²) in [7, 11) is 0. The van der Waals surface area contributed by atoms with E-state index in [9.17, 15) is 9.90 Å². The third kappa shape index (κ3) is 3.21. The molecular formula is C19H26N2O3. The van der Waals surface area contributed by atoms with Crippen molar-refractivity contribution < 1.29 is 14.6 Å². The largest absolute Gasteiger partial charge is 0.387 e. The van der Waals surface area contributed by atoms with Gasteiger partial charge in [0, 0.05) is 31.7 Å². The number of rotatable bonds is 3. The molecule has 1 N–H and O–H groups in total. The van der Waals surface area contributed by atoms with Gasteiger partial charge in [0.15, 0.2) is 0 Å². The first-order valence-corrected chi connectivity index (χ1v) is 9.07. The number of aryl methyl sites for hydroxylation is 2. The van der Waals surface area contributed by atoms with E-state index in [-0.39, 0.29) is 5.91 Å². The minimum atomic E-state index is -0.788. The Morgan fingerprint density at radius 2 is 1.96 bits per heavy atom. The first-order valence-electron chi connectivity index (χ1n) is 9.07. The van der Waals surface area contributed by atoms with Crippen LogP contribution in [0.15, 0.2) is 18.2 Å². The molecule has 0 saturated carbocycles. The molecule has 24 heavy (non-hydrogen) atoms. The van der Waals surface area contributed by atoms with Crippen LogP contribution in [0.2, 0.25) is 0 Å². The third-order valence-electron chi connectivity index (χ3n) is 5.59. The summed E-state index contributed by atoms with van der Waals surface area (Å²) < 4.78 is 5.36. The van der Waals surface area contributed by atoms with Crippen molar-refractivity contribution in [1.29, 1.82) is 0 Å². The number of likely N-dealkylation sites (tertiary alicyclic amines) is 1. The molecule has 2 aliphatic heterocycles. The Hall–Kier alpha value is -1.43. The number of hydrogen-bond donors (Lipinski definition) is 1. The van der Waals surface area contributed by atoms with E-state index >= 15 is 0 Å². The molecule has 2 saturated heterocycles. The highest BCUT2D eigenvalue weighted by molar-refractivity contribution is 5.94. The lowest BCUT2D eigenvalue weighted by Gasteiger charge is -2.33. The maximum absolute atomic E-state index is 12.8. The van der Waals surface area contributed by atoms with Crippen molar-refractivity contribution in [2.24, 2.45) is 0 Å². The first kappa shape index (κ1) is 16.1. The van der Waals surface area contributed by atoms with E-state index in [0.717, 1.165) is 44.7 Å². The lowest BCUT2D eigenvalue weighted by atomic mass is 10.0. The maximum Gasteiger partial charge on any atom is 0.253 e. The smallest absolute Gasteiger partial charge is 0.253 e.